The number of para-hydroxylation sites is 1. The molecule has 0 spiro atoms. The van der Waals surface area contributed by atoms with Crippen LogP contribution in [-0.4, -0.2) is 11.6 Å². The number of nitrogens with zero attached hydrogens (tertiary/aromatic N) is 1. The second kappa shape index (κ2) is 3.44. The SMILES string of the molecule is CCOc1cnc2ccccc2c1. The lowest BCUT2D eigenvalue weighted by Crippen LogP contribution is -1.91. The van der Waals surface area contributed by atoms with Gasteiger partial charge in [0.25, 0.3) is 0 Å². The Labute approximate surface area is 77.2 Å². The minimum Gasteiger partial charge on any atom is -0.492 e. The second-order valence-corrected chi connectivity index (χ2v) is 2.80. The van der Waals surface area contributed by atoms with Gasteiger partial charge in [0, 0.05) is 5.39 Å². The fourth-order valence-electron chi connectivity index (χ4n) is 1.30. The quantitative estimate of drug-likeness (QED) is 0.696. The Balaban J connectivity index is 2.49. The van der Waals surface area contributed by atoms with E-state index >= 15 is 0 Å². The Bertz CT molecular complexity index is 412. The van der Waals surface area contributed by atoms with E-state index in [9.17, 15) is 0 Å². The van der Waals surface area contributed by atoms with E-state index in [2.05, 4.69) is 4.98 Å². The summed E-state index contributed by atoms with van der Waals surface area (Å²) < 4.78 is 5.35. The molecule has 0 amide bonds. The molecule has 0 atom stereocenters. The Morgan fingerprint density at radius 2 is 2.15 bits per heavy atom. The summed E-state index contributed by atoms with van der Waals surface area (Å²) in [5.41, 5.74) is 1.01. The molecule has 0 saturated carbocycles. The summed E-state index contributed by atoms with van der Waals surface area (Å²) in [5.74, 6) is 0.834. The van der Waals surface area contributed by atoms with Crippen molar-refractivity contribution in [1.82, 2.24) is 4.98 Å². The molecule has 1 aromatic heterocycles. The van der Waals surface area contributed by atoms with Crippen molar-refractivity contribution < 1.29 is 4.74 Å². The first kappa shape index (κ1) is 8.05. The van der Waals surface area contributed by atoms with E-state index in [0.717, 1.165) is 16.7 Å². The van der Waals surface area contributed by atoms with E-state index < -0.39 is 0 Å². The summed E-state index contributed by atoms with van der Waals surface area (Å²) in [6.45, 7) is 2.65. The maximum absolute atomic E-state index is 5.35. The number of hydrogen-bond donors (Lipinski definition) is 0. The monoisotopic (exact) mass is 173 g/mol. The largest absolute Gasteiger partial charge is 0.492 e. The number of rotatable bonds is 2. The van der Waals surface area contributed by atoms with Gasteiger partial charge in [-0.1, -0.05) is 18.2 Å². The predicted molar refractivity (Wildman–Crippen MR) is 52.9 cm³/mol. The van der Waals surface area contributed by atoms with Crippen LogP contribution in [-0.2, 0) is 0 Å². The van der Waals surface area contributed by atoms with Gasteiger partial charge in [0.15, 0.2) is 0 Å². The molecule has 0 N–H and O–H groups in total. The van der Waals surface area contributed by atoms with Crippen LogP contribution in [0.25, 0.3) is 10.9 Å². The standard InChI is InChI=1S/C11H11NO/c1-2-13-10-7-9-5-3-4-6-11(9)12-8-10/h3-8H,2H2,1H3. The smallest absolute Gasteiger partial charge is 0.138 e. The van der Waals surface area contributed by atoms with Crippen LogP contribution in [0.5, 0.6) is 5.75 Å². The van der Waals surface area contributed by atoms with Crippen molar-refractivity contribution in [3.63, 3.8) is 0 Å². The van der Waals surface area contributed by atoms with Gasteiger partial charge in [-0.15, -0.1) is 0 Å². The Morgan fingerprint density at radius 3 is 3.00 bits per heavy atom. The van der Waals surface area contributed by atoms with Crippen LogP contribution in [0.4, 0.5) is 0 Å². The Morgan fingerprint density at radius 1 is 1.31 bits per heavy atom. The molecule has 0 radical (unpaired) electrons. The number of fused-ring (bicyclic) bond motifs is 1. The first-order chi connectivity index (χ1) is 6.40. The van der Waals surface area contributed by atoms with Crippen molar-refractivity contribution >= 4 is 10.9 Å². The lowest BCUT2D eigenvalue weighted by Gasteiger charge is -2.02. The Hall–Kier alpha value is -1.57. The molecule has 0 fully saturated rings. The van der Waals surface area contributed by atoms with Gasteiger partial charge in [-0.25, -0.2) is 0 Å². The molecular weight excluding hydrogens is 162 g/mol. The fraction of sp³-hybridized carbons (Fsp3) is 0.182. The van der Waals surface area contributed by atoms with Crippen LogP contribution in [0.1, 0.15) is 6.92 Å². The summed E-state index contributed by atoms with van der Waals surface area (Å²) in [5, 5.41) is 1.12. The van der Waals surface area contributed by atoms with Gasteiger partial charge < -0.3 is 4.74 Å². The van der Waals surface area contributed by atoms with E-state index in [0.29, 0.717) is 6.61 Å². The van der Waals surface area contributed by atoms with Crippen molar-refractivity contribution in [3.05, 3.63) is 36.5 Å². The van der Waals surface area contributed by atoms with Gasteiger partial charge in [0.2, 0.25) is 0 Å². The molecule has 1 heterocycles. The third-order valence-corrected chi connectivity index (χ3v) is 1.88. The highest BCUT2D eigenvalue weighted by molar-refractivity contribution is 5.79. The first-order valence-corrected chi connectivity index (χ1v) is 4.38. The average molecular weight is 173 g/mol. The molecule has 2 heteroatoms. The summed E-state index contributed by atoms with van der Waals surface area (Å²) in [6, 6.07) is 10.0. The molecule has 0 aliphatic carbocycles. The number of pyridine rings is 1. The van der Waals surface area contributed by atoms with Crippen molar-refractivity contribution in [2.75, 3.05) is 6.61 Å². The van der Waals surface area contributed by atoms with Gasteiger partial charge in [-0.3, -0.25) is 4.98 Å². The third-order valence-electron chi connectivity index (χ3n) is 1.88. The zero-order valence-electron chi connectivity index (χ0n) is 7.53. The van der Waals surface area contributed by atoms with E-state index in [4.69, 9.17) is 4.74 Å². The van der Waals surface area contributed by atoms with E-state index in [1.807, 2.05) is 37.3 Å². The minimum absolute atomic E-state index is 0.681. The molecule has 1 aromatic carbocycles. The van der Waals surface area contributed by atoms with Crippen molar-refractivity contribution in [1.29, 1.82) is 0 Å². The van der Waals surface area contributed by atoms with Crippen LogP contribution in [0.15, 0.2) is 36.5 Å². The van der Waals surface area contributed by atoms with Crippen LogP contribution in [0.3, 0.4) is 0 Å². The maximum atomic E-state index is 5.35. The number of aromatic nitrogens is 1. The molecular formula is C11H11NO. The van der Waals surface area contributed by atoms with Crippen LogP contribution < -0.4 is 4.74 Å². The van der Waals surface area contributed by atoms with E-state index in [-0.39, 0.29) is 0 Å². The summed E-state index contributed by atoms with van der Waals surface area (Å²) in [6.07, 6.45) is 1.76. The summed E-state index contributed by atoms with van der Waals surface area (Å²) in [4.78, 5) is 4.27. The van der Waals surface area contributed by atoms with Crippen LogP contribution in [0.2, 0.25) is 0 Å². The molecule has 0 saturated heterocycles. The maximum Gasteiger partial charge on any atom is 0.138 e. The van der Waals surface area contributed by atoms with Crippen LogP contribution in [0, 0.1) is 0 Å². The molecule has 13 heavy (non-hydrogen) atoms. The molecule has 2 rings (SSSR count). The zero-order valence-corrected chi connectivity index (χ0v) is 7.53. The van der Waals surface area contributed by atoms with Crippen LogP contribution >= 0.6 is 0 Å². The highest BCUT2D eigenvalue weighted by Gasteiger charge is 1.95. The van der Waals surface area contributed by atoms with Gasteiger partial charge in [-0.05, 0) is 19.1 Å². The first-order valence-electron chi connectivity index (χ1n) is 4.38. The predicted octanol–water partition coefficient (Wildman–Crippen LogP) is 2.63. The number of benzene rings is 1. The van der Waals surface area contributed by atoms with E-state index in [1.54, 1.807) is 6.20 Å². The van der Waals surface area contributed by atoms with Crippen molar-refractivity contribution in [2.45, 2.75) is 6.92 Å². The molecule has 2 nitrogen and oxygen atoms in total. The lowest BCUT2D eigenvalue weighted by molar-refractivity contribution is 0.339. The molecule has 0 aliphatic rings. The van der Waals surface area contributed by atoms with Gasteiger partial charge in [0.1, 0.15) is 5.75 Å². The van der Waals surface area contributed by atoms with Crippen molar-refractivity contribution in [3.8, 4) is 5.75 Å². The normalized spacial score (nSPS) is 10.2. The average Bonchev–Trinajstić information content (AvgIpc) is 2.18. The lowest BCUT2D eigenvalue weighted by atomic mass is 10.2. The highest BCUT2D eigenvalue weighted by Crippen LogP contribution is 2.17. The number of ether oxygens (including phenoxy) is 1. The van der Waals surface area contributed by atoms with Gasteiger partial charge >= 0.3 is 0 Å². The van der Waals surface area contributed by atoms with Crippen molar-refractivity contribution in [2.24, 2.45) is 0 Å². The van der Waals surface area contributed by atoms with E-state index in [1.165, 1.54) is 0 Å². The zero-order chi connectivity index (χ0) is 9.10. The second-order valence-electron chi connectivity index (χ2n) is 2.80. The molecule has 0 aliphatic heterocycles. The molecule has 0 bridgehead atoms. The Kier molecular flexibility index (Phi) is 2.13. The summed E-state index contributed by atoms with van der Waals surface area (Å²) >= 11 is 0. The highest BCUT2D eigenvalue weighted by atomic mass is 16.5. The summed E-state index contributed by atoms with van der Waals surface area (Å²) in [7, 11) is 0. The molecule has 0 unspecified atom stereocenters. The molecule has 66 valence electrons. The minimum atomic E-state index is 0.681. The number of hydrogen-bond acceptors (Lipinski definition) is 2. The third kappa shape index (κ3) is 1.61. The molecule has 2 aromatic rings. The van der Waals surface area contributed by atoms with Gasteiger partial charge in [0.05, 0.1) is 18.3 Å². The topological polar surface area (TPSA) is 22.1 Å². The fourth-order valence-corrected chi connectivity index (χ4v) is 1.30. The van der Waals surface area contributed by atoms with Gasteiger partial charge in [-0.2, -0.15) is 0 Å².